The Hall–Kier alpha value is -0.943. The Morgan fingerprint density at radius 1 is 1.00 bits per heavy atom. The summed E-state index contributed by atoms with van der Waals surface area (Å²) in [6.07, 6.45) is 6.31. The molecule has 1 heterocycles. The van der Waals surface area contributed by atoms with Crippen molar-refractivity contribution in [1.29, 1.82) is 0 Å². The molecule has 2 rings (SSSR count). The summed E-state index contributed by atoms with van der Waals surface area (Å²) in [6.45, 7) is 6.73. The first-order valence-corrected chi connectivity index (χ1v) is 12.7. The minimum absolute atomic E-state index is 0.0579. The molecule has 142 valence electrons. The molecule has 0 N–H and O–H groups in total. The van der Waals surface area contributed by atoms with Crippen molar-refractivity contribution in [2.24, 2.45) is 0 Å². The Labute approximate surface area is 168 Å². The molecule has 0 spiro atoms. The number of benzene rings is 1. The van der Waals surface area contributed by atoms with Crippen molar-refractivity contribution in [3.05, 3.63) is 57.8 Å². The van der Waals surface area contributed by atoms with Crippen LogP contribution in [0.2, 0.25) is 28.2 Å². The molecule has 1 aromatic carbocycles. The van der Waals surface area contributed by atoms with E-state index >= 15 is 0 Å². The number of nitrogens with zero attached hydrogens (tertiary/aromatic N) is 2. The van der Waals surface area contributed by atoms with Gasteiger partial charge in [0.25, 0.3) is 0 Å². The lowest BCUT2D eigenvalue weighted by molar-refractivity contribution is 0.177. The molecule has 0 aliphatic rings. The van der Waals surface area contributed by atoms with E-state index in [-0.39, 0.29) is 6.10 Å². The summed E-state index contributed by atoms with van der Waals surface area (Å²) >= 11 is 13.0. The molecule has 0 amide bonds. The number of rotatable bonds is 10. The highest BCUT2D eigenvalue weighted by Crippen LogP contribution is 2.39. The first-order valence-electron chi connectivity index (χ1n) is 9.42. The van der Waals surface area contributed by atoms with E-state index in [1.807, 2.05) is 30.5 Å². The zero-order valence-corrected chi connectivity index (χ0v) is 18.4. The molecule has 1 atom stereocenters. The molecular formula is C20H28Cl2N2OSi. The summed E-state index contributed by atoms with van der Waals surface area (Å²) in [5, 5.41) is 9.18. The van der Waals surface area contributed by atoms with Gasteiger partial charge in [-0.1, -0.05) is 50.0 Å². The van der Waals surface area contributed by atoms with Crippen molar-refractivity contribution in [1.82, 2.24) is 10.2 Å². The summed E-state index contributed by atoms with van der Waals surface area (Å²) in [7, 11) is -1.78. The van der Waals surface area contributed by atoms with Gasteiger partial charge in [-0.05, 0) is 61.2 Å². The van der Waals surface area contributed by atoms with Crippen LogP contribution in [0.15, 0.2) is 36.7 Å². The lowest BCUT2D eigenvalue weighted by atomic mass is 10.0. The number of hydrogen-bond acceptors (Lipinski definition) is 3. The van der Waals surface area contributed by atoms with Gasteiger partial charge in [-0.2, -0.15) is 10.2 Å². The zero-order chi connectivity index (χ0) is 19.0. The molecule has 0 radical (unpaired) electrons. The van der Waals surface area contributed by atoms with E-state index < -0.39 is 8.32 Å². The van der Waals surface area contributed by atoms with Crippen LogP contribution < -0.4 is 0 Å². The van der Waals surface area contributed by atoms with Crippen molar-refractivity contribution in [2.45, 2.75) is 64.3 Å². The fourth-order valence-corrected chi connectivity index (χ4v) is 6.82. The van der Waals surface area contributed by atoms with Gasteiger partial charge in [0.05, 0.1) is 12.3 Å². The van der Waals surface area contributed by atoms with E-state index in [9.17, 15) is 0 Å². The van der Waals surface area contributed by atoms with Crippen LogP contribution in [0.1, 0.15) is 50.8 Å². The van der Waals surface area contributed by atoms with Crippen LogP contribution in [0.5, 0.6) is 0 Å². The molecule has 2 aromatic rings. The fraction of sp³-hybridized carbons (Fsp3) is 0.500. The van der Waals surface area contributed by atoms with E-state index in [2.05, 4.69) is 31.0 Å². The van der Waals surface area contributed by atoms with Gasteiger partial charge < -0.3 is 4.43 Å². The van der Waals surface area contributed by atoms with Crippen molar-refractivity contribution in [3.8, 4) is 0 Å². The van der Waals surface area contributed by atoms with Gasteiger partial charge in [0, 0.05) is 21.8 Å². The average molecular weight is 411 g/mol. The minimum Gasteiger partial charge on any atom is -0.410 e. The van der Waals surface area contributed by atoms with Crippen LogP contribution in [0.3, 0.4) is 0 Å². The van der Waals surface area contributed by atoms with Crippen LogP contribution in [0, 0.1) is 0 Å². The molecule has 0 aliphatic carbocycles. The molecule has 3 nitrogen and oxygen atoms in total. The molecule has 1 unspecified atom stereocenters. The van der Waals surface area contributed by atoms with Gasteiger partial charge in [-0.15, -0.1) is 0 Å². The third-order valence-electron chi connectivity index (χ3n) is 5.22. The molecular weight excluding hydrogens is 383 g/mol. The molecule has 6 heteroatoms. The van der Waals surface area contributed by atoms with Crippen molar-refractivity contribution < 1.29 is 4.43 Å². The molecule has 26 heavy (non-hydrogen) atoms. The second-order valence-corrected chi connectivity index (χ2v) is 12.2. The first kappa shape index (κ1) is 21.4. The van der Waals surface area contributed by atoms with E-state index in [0.717, 1.165) is 43.0 Å². The third-order valence-corrected chi connectivity index (χ3v) is 10.5. The molecule has 0 bridgehead atoms. The van der Waals surface area contributed by atoms with Crippen LogP contribution in [0.4, 0.5) is 0 Å². The van der Waals surface area contributed by atoms with Crippen LogP contribution in [-0.2, 0) is 10.8 Å². The normalized spacial score (nSPS) is 13.0. The second kappa shape index (κ2) is 10.4. The van der Waals surface area contributed by atoms with Crippen LogP contribution in [-0.4, -0.2) is 18.5 Å². The minimum atomic E-state index is -1.78. The maximum atomic E-state index is 6.81. The molecule has 0 saturated heterocycles. The Balaban J connectivity index is 2.21. The smallest absolute Gasteiger partial charge is 0.192 e. The van der Waals surface area contributed by atoms with Crippen molar-refractivity contribution in [2.75, 3.05) is 0 Å². The van der Waals surface area contributed by atoms with E-state index in [0.29, 0.717) is 10.0 Å². The van der Waals surface area contributed by atoms with E-state index in [1.165, 1.54) is 5.56 Å². The Kier molecular flexibility index (Phi) is 8.55. The molecule has 0 aliphatic heterocycles. The number of aryl methyl sites for hydroxylation is 1. The van der Waals surface area contributed by atoms with E-state index in [4.69, 9.17) is 27.6 Å². The summed E-state index contributed by atoms with van der Waals surface area (Å²) in [5.41, 5.74) is 2.13. The highest BCUT2D eigenvalue weighted by molar-refractivity contribution is 6.73. The number of aromatic nitrogens is 2. The largest absolute Gasteiger partial charge is 0.410 e. The third kappa shape index (κ3) is 5.53. The lowest BCUT2D eigenvalue weighted by Crippen LogP contribution is -2.37. The highest BCUT2D eigenvalue weighted by atomic mass is 35.5. The lowest BCUT2D eigenvalue weighted by Gasteiger charge is -2.34. The quantitative estimate of drug-likeness (QED) is 0.400. The fourth-order valence-electron chi connectivity index (χ4n) is 3.34. The summed E-state index contributed by atoms with van der Waals surface area (Å²) in [6, 6.07) is 11.0. The monoisotopic (exact) mass is 410 g/mol. The predicted molar refractivity (Wildman–Crippen MR) is 112 cm³/mol. The number of hydrogen-bond donors (Lipinski definition) is 0. The average Bonchev–Trinajstić information content (AvgIpc) is 2.66. The van der Waals surface area contributed by atoms with Crippen molar-refractivity contribution >= 4 is 31.5 Å². The van der Waals surface area contributed by atoms with Gasteiger partial charge >= 0.3 is 0 Å². The van der Waals surface area contributed by atoms with Gasteiger partial charge in [-0.25, -0.2) is 0 Å². The molecule has 1 aromatic heterocycles. The molecule has 0 saturated carbocycles. The maximum Gasteiger partial charge on any atom is 0.192 e. The summed E-state index contributed by atoms with van der Waals surface area (Å²) in [4.78, 5) is 0. The highest BCUT2D eigenvalue weighted by Gasteiger charge is 2.33. The van der Waals surface area contributed by atoms with Gasteiger partial charge in [0.1, 0.15) is 0 Å². The molecule has 0 fully saturated rings. The summed E-state index contributed by atoms with van der Waals surface area (Å²) < 4.78 is 6.81. The maximum absolute atomic E-state index is 6.81. The van der Waals surface area contributed by atoms with Gasteiger partial charge in [0.15, 0.2) is 8.32 Å². The zero-order valence-electron chi connectivity index (χ0n) is 15.8. The Morgan fingerprint density at radius 3 is 2.19 bits per heavy atom. The Bertz CT molecular complexity index is 652. The van der Waals surface area contributed by atoms with Gasteiger partial charge in [-0.3, -0.25) is 0 Å². The number of halogens is 2. The van der Waals surface area contributed by atoms with E-state index in [1.54, 1.807) is 6.20 Å². The van der Waals surface area contributed by atoms with Gasteiger partial charge in [0.2, 0.25) is 0 Å². The predicted octanol–water partition coefficient (Wildman–Crippen LogP) is 6.87. The van der Waals surface area contributed by atoms with Crippen LogP contribution >= 0.6 is 23.2 Å². The van der Waals surface area contributed by atoms with Crippen LogP contribution in [0.25, 0.3) is 0 Å². The topological polar surface area (TPSA) is 35.0 Å². The second-order valence-electron chi connectivity index (χ2n) is 6.63. The standard InChI is InChI=1S/C20H28Cl2N2OSi/c1-4-26(5-2,6-3)25-19(20-17(21)10-8-11-18(20)22)12-7-9-16-13-14-23-24-15-16/h8,10-11,13-15,19H,4-7,9,12H2,1-3H3. The Morgan fingerprint density at radius 2 is 1.65 bits per heavy atom. The summed E-state index contributed by atoms with van der Waals surface area (Å²) in [5.74, 6) is 0. The SMILES string of the molecule is CC[Si](CC)(CC)OC(CCCc1ccnnc1)c1c(Cl)cccc1Cl. The first-order chi connectivity index (χ1) is 12.5. The van der Waals surface area contributed by atoms with Crippen molar-refractivity contribution in [3.63, 3.8) is 0 Å².